The maximum absolute atomic E-state index is 12.3. The van der Waals surface area contributed by atoms with Gasteiger partial charge in [-0.25, -0.2) is 0 Å². The van der Waals surface area contributed by atoms with E-state index in [-0.39, 0.29) is 5.91 Å². The highest BCUT2D eigenvalue weighted by Crippen LogP contribution is 2.30. The maximum atomic E-state index is 12.3. The van der Waals surface area contributed by atoms with Crippen LogP contribution in [0.2, 0.25) is 0 Å². The van der Waals surface area contributed by atoms with E-state index < -0.39 is 5.54 Å². The number of para-hydroxylation sites is 1. The summed E-state index contributed by atoms with van der Waals surface area (Å²) in [6.45, 7) is 2.39. The number of amides is 1. The van der Waals surface area contributed by atoms with Crippen molar-refractivity contribution in [3.8, 4) is 11.8 Å². The Bertz CT molecular complexity index is 499. The van der Waals surface area contributed by atoms with Gasteiger partial charge in [0, 0.05) is 0 Å². The van der Waals surface area contributed by atoms with E-state index in [1.165, 1.54) is 0 Å². The Balaban J connectivity index is 2.18. The second kappa shape index (κ2) is 5.75. The monoisotopic (exact) mass is 258 g/mol. The van der Waals surface area contributed by atoms with Crippen LogP contribution in [-0.2, 0) is 0 Å². The van der Waals surface area contributed by atoms with Crippen LogP contribution in [0.4, 0.5) is 0 Å². The molecule has 0 spiro atoms. The zero-order valence-corrected chi connectivity index (χ0v) is 11.1. The average molecular weight is 258 g/mol. The lowest BCUT2D eigenvalue weighted by Crippen LogP contribution is -2.45. The van der Waals surface area contributed by atoms with E-state index in [0.29, 0.717) is 17.9 Å². The fourth-order valence-corrected chi connectivity index (χ4v) is 2.46. The van der Waals surface area contributed by atoms with Gasteiger partial charge in [-0.2, -0.15) is 5.26 Å². The van der Waals surface area contributed by atoms with Gasteiger partial charge >= 0.3 is 0 Å². The third-order valence-electron chi connectivity index (χ3n) is 3.46. The first kappa shape index (κ1) is 13.4. The Morgan fingerprint density at radius 3 is 2.74 bits per heavy atom. The van der Waals surface area contributed by atoms with Gasteiger partial charge in [0.1, 0.15) is 11.3 Å². The molecule has 1 amide bonds. The van der Waals surface area contributed by atoms with E-state index in [1.807, 2.05) is 13.0 Å². The minimum absolute atomic E-state index is 0.229. The van der Waals surface area contributed by atoms with Crippen molar-refractivity contribution in [3.05, 3.63) is 29.8 Å². The molecule has 0 bridgehead atoms. The summed E-state index contributed by atoms with van der Waals surface area (Å²) in [4.78, 5) is 12.3. The summed E-state index contributed by atoms with van der Waals surface area (Å²) in [6, 6.07) is 9.38. The summed E-state index contributed by atoms with van der Waals surface area (Å²) < 4.78 is 5.45. The Labute approximate surface area is 113 Å². The number of rotatable bonds is 4. The molecule has 19 heavy (non-hydrogen) atoms. The first-order chi connectivity index (χ1) is 9.21. The number of carbonyl (C=O) groups excluding carboxylic acids is 1. The lowest BCUT2D eigenvalue weighted by molar-refractivity contribution is 0.0917. The molecule has 1 N–H and O–H groups in total. The van der Waals surface area contributed by atoms with Crippen molar-refractivity contribution < 1.29 is 9.53 Å². The molecule has 1 aromatic carbocycles. The predicted molar refractivity (Wildman–Crippen MR) is 71.9 cm³/mol. The molecule has 1 fully saturated rings. The SMILES string of the molecule is CCOc1ccccc1C(=O)NC1(C#N)CCCC1. The molecule has 0 aromatic heterocycles. The molecule has 1 aliphatic carbocycles. The van der Waals surface area contributed by atoms with Crippen LogP contribution in [0.1, 0.15) is 43.0 Å². The van der Waals surface area contributed by atoms with E-state index in [1.54, 1.807) is 18.2 Å². The third kappa shape index (κ3) is 2.87. The van der Waals surface area contributed by atoms with E-state index in [9.17, 15) is 10.1 Å². The van der Waals surface area contributed by atoms with E-state index in [4.69, 9.17) is 4.74 Å². The Kier molecular flexibility index (Phi) is 4.06. The minimum atomic E-state index is -0.698. The van der Waals surface area contributed by atoms with Crippen molar-refractivity contribution in [2.45, 2.75) is 38.1 Å². The topological polar surface area (TPSA) is 62.1 Å². The number of benzene rings is 1. The Morgan fingerprint density at radius 2 is 2.11 bits per heavy atom. The molecule has 0 unspecified atom stereocenters. The quantitative estimate of drug-likeness (QED) is 0.903. The van der Waals surface area contributed by atoms with Crippen LogP contribution in [0.25, 0.3) is 0 Å². The zero-order chi connectivity index (χ0) is 13.7. The molecule has 0 saturated heterocycles. The van der Waals surface area contributed by atoms with Gasteiger partial charge in [0.05, 0.1) is 18.2 Å². The molecule has 0 atom stereocenters. The number of nitrogens with one attached hydrogen (secondary N) is 1. The molecule has 0 aliphatic heterocycles. The molecule has 100 valence electrons. The molecule has 4 nitrogen and oxygen atoms in total. The molecule has 1 saturated carbocycles. The van der Waals surface area contributed by atoms with Crippen LogP contribution in [0.5, 0.6) is 5.75 Å². The zero-order valence-electron chi connectivity index (χ0n) is 11.1. The first-order valence-corrected chi connectivity index (χ1v) is 6.66. The van der Waals surface area contributed by atoms with Crippen molar-refractivity contribution in [3.63, 3.8) is 0 Å². The fraction of sp³-hybridized carbons (Fsp3) is 0.467. The summed E-state index contributed by atoms with van der Waals surface area (Å²) in [5, 5.41) is 12.2. The number of hydrogen-bond acceptors (Lipinski definition) is 3. The molecule has 1 aromatic rings. The lowest BCUT2D eigenvalue weighted by Gasteiger charge is -2.22. The Morgan fingerprint density at radius 1 is 1.42 bits per heavy atom. The van der Waals surface area contributed by atoms with Crippen LogP contribution in [-0.4, -0.2) is 18.1 Å². The first-order valence-electron chi connectivity index (χ1n) is 6.66. The average Bonchev–Trinajstić information content (AvgIpc) is 2.89. The smallest absolute Gasteiger partial charge is 0.256 e. The molecule has 0 radical (unpaired) electrons. The second-order valence-corrected chi connectivity index (χ2v) is 4.78. The van der Waals surface area contributed by atoms with Crippen molar-refractivity contribution >= 4 is 5.91 Å². The number of ether oxygens (including phenoxy) is 1. The highest BCUT2D eigenvalue weighted by Gasteiger charge is 2.36. The highest BCUT2D eigenvalue weighted by molar-refractivity contribution is 5.97. The summed E-state index contributed by atoms with van der Waals surface area (Å²) >= 11 is 0. The standard InChI is InChI=1S/C15H18N2O2/c1-2-19-13-8-4-3-7-12(13)14(18)17-15(11-16)9-5-6-10-15/h3-4,7-8H,2,5-6,9-10H2,1H3,(H,17,18). The number of carbonyl (C=O) groups is 1. The number of nitrogens with zero attached hydrogens (tertiary/aromatic N) is 1. The lowest BCUT2D eigenvalue weighted by atomic mass is 9.99. The van der Waals surface area contributed by atoms with Gasteiger partial charge < -0.3 is 10.1 Å². The van der Waals surface area contributed by atoms with Gasteiger partial charge in [-0.3, -0.25) is 4.79 Å². The van der Waals surface area contributed by atoms with Crippen LogP contribution < -0.4 is 10.1 Å². The van der Waals surface area contributed by atoms with Gasteiger partial charge in [0.25, 0.3) is 5.91 Å². The predicted octanol–water partition coefficient (Wildman–Crippen LogP) is 2.65. The second-order valence-electron chi connectivity index (χ2n) is 4.78. The molecular weight excluding hydrogens is 240 g/mol. The van der Waals surface area contributed by atoms with Gasteiger partial charge in [-0.15, -0.1) is 0 Å². The molecular formula is C15H18N2O2. The summed E-state index contributed by atoms with van der Waals surface area (Å²) in [5.41, 5.74) is -0.206. The van der Waals surface area contributed by atoms with Crippen molar-refractivity contribution in [2.24, 2.45) is 0 Å². The van der Waals surface area contributed by atoms with Crippen LogP contribution in [0, 0.1) is 11.3 Å². The maximum Gasteiger partial charge on any atom is 0.256 e. The summed E-state index contributed by atoms with van der Waals surface area (Å²) in [7, 11) is 0. The van der Waals surface area contributed by atoms with Gasteiger partial charge in [0.15, 0.2) is 0 Å². The van der Waals surface area contributed by atoms with Gasteiger partial charge in [-0.05, 0) is 44.7 Å². The highest BCUT2D eigenvalue weighted by atomic mass is 16.5. The summed E-state index contributed by atoms with van der Waals surface area (Å²) in [5.74, 6) is 0.334. The molecule has 1 aliphatic rings. The van der Waals surface area contributed by atoms with Crippen molar-refractivity contribution in [2.75, 3.05) is 6.61 Å². The van der Waals surface area contributed by atoms with Gasteiger partial charge in [-0.1, -0.05) is 12.1 Å². The normalized spacial score (nSPS) is 16.6. The van der Waals surface area contributed by atoms with Crippen LogP contribution in [0.15, 0.2) is 24.3 Å². The molecule has 2 rings (SSSR count). The van der Waals surface area contributed by atoms with Crippen molar-refractivity contribution in [1.82, 2.24) is 5.32 Å². The minimum Gasteiger partial charge on any atom is -0.493 e. The van der Waals surface area contributed by atoms with Crippen LogP contribution >= 0.6 is 0 Å². The summed E-state index contributed by atoms with van der Waals surface area (Å²) in [6.07, 6.45) is 3.43. The van der Waals surface area contributed by atoms with E-state index >= 15 is 0 Å². The largest absolute Gasteiger partial charge is 0.493 e. The third-order valence-corrected chi connectivity index (χ3v) is 3.46. The van der Waals surface area contributed by atoms with Gasteiger partial charge in [0.2, 0.25) is 0 Å². The molecule has 4 heteroatoms. The number of nitriles is 1. The number of hydrogen-bond donors (Lipinski definition) is 1. The van der Waals surface area contributed by atoms with Crippen molar-refractivity contribution in [1.29, 1.82) is 5.26 Å². The van der Waals surface area contributed by atoms with E-state index in [0.717, 1.165) is 25.7 Å². The Hall–Kier alpha value is -2.02. The van der Waals surface area contributed by atoms with Crippen LogP contribution in [0.3, 0.4) is 0 Å². The molecule has 0 heterocycles. The fourth-order valence-electron chi connectivity index (χ4n) is 2.46. The van der Waals surface area contributed by atoms with E-state index in [2.05, 4.69) is 11.4 Å².